The Kier molecular flexibility index (Phi) is 3.56. The van der Waals surface area contributed by atoms with E-state index in [0.29, 0.717) is 35.8 Å². The minimum Gasteiger partial charge on any atom is -0.486 e. The molecule has 0 amide bonds. The summed E-state index contributed by atoms with van der Waals surface area (Å²) < 4.78 is 24.5. The highest BCUT2D eigenvalue weighted by atomic mass is 19.1. The van der Waals surface area contributed by atoms with Crippen LogP contribution in [0, 0.1) is 5.82 Å². The molecule has 0 spiro atoms. The molecule has 0 saturated heterocycles. The van der Waals surface area contributed by atoms with Gasteiger partial charge in [0.05, 0.1) is 6.10 Å². The largest absolute Gasteiger partial charge is 0.486 e. The second kappa shape index (κ2) is 5.51. The molecule has 0 saturated carbocycles. The van der Waals surface area contributed by atoms with E-state index >= 15 is 0 Å². The van der Waals surface area contributed by atoms with Crippen molar-refractivity contribution in [1.29, 1.82) is 0 Å². The van der Waals surface area contributed by atoms with Crippen molar-refractivity contribution in [2.24, 2.45) is 0 Å². The molecular weight excluding hydrogens is 259 g/mol. The minimum atomic E-state index is -0.775. The molecule has 1 aliphatic heterocycles. The van der Waals surface area contributed by atoms with Crippen molar-refractivity contribution in [2.45, 2.75) is 12.5 Å². The Labute approximate surface area is 116 Å². The van der Waals surface area contributed by atoms with Gasteiger partial charge in [-0.3, -0.25) is 0 Å². The summed E-state index contributed by atoms with van der Waals surface area (Å²) in [5, 5.41) is 10.2. The van der Waals surface area contributed by atoms with E-state index in [1.807, 2.05) is 0 Å². The standard InChI is InChI=1S/C16H15FO3/c17-13-4-2-1-3-11(13)9-14(18)12-5-6-15-16(10-12)20-8-7-19-15/h1-6,10,14,18H,7-9H2. The maximum atomic E-state index is 13.6. The first-order valence-corrected chi connectivity index (χ1v) is 6.55. The van der Waals surface area contributed by atoms with Crippen LogP contribution in [0.5, 0.6) is 11.5 Å². The van der Waals surface area contributed by atoms with Gasteiger partial charge in [0, 0.05) is 6.42 Å². The second-order valence-electron chi connectivity index (χ2n) is 4.71. The van der Waals surface area contributed by atoms with Crippen LogP contribution in [-0.4, -0.2) is 18.3 Å². The molecular formula is C16H15FO3. The lowest BCUT2D eigenvalue weighted by Gasteiger charge is -2.20. The highest BCUT2D eigenvalue weighted by Gasteiger charge is 2.16. The van der Waals surface area contributed by atoms with E-state index < -0.39 is 6.10 Å². The molecule has 1 aliphatic rings. The molecule has 2 aromatic carbocycles. The van der Waals surface area contributed by atoms with E-state index in [2.05, 4.69) is 0 Å². The number of hydrogen-bond acceptors (Lipinski definition) is 3. The normalized spacial score (nSPS) is 14.9. The Bertz CT molecular complexity index is 612. The SMILES string of the molecule is OC(Cc1ccccc1F)c1ccc2c(c1)OCCO2. The van der Waals surface area contributed by atoms with E-state index in [1.165, 1.54) is 6.07 Å². The van der Waals surface area contributed by atoms with Gasteiger partial charge in [-0.25, -0.2) is 4.39 Å². The van der Waals surface area contributed by atoms with Crippen molar-refractivity contribution in [3.05, 3.63) is 59.4 Å². The molecule has 0 bridgehead atoms. The Hall–Kier alpha value is -2.07. The molecule has 0 aliphatic carbocycles. The van der Waals surface area contributed by atoms with Gasteiger partial charge in [-0.05, 0) is 29.3 Å². The zero-order valence-corrected chi connectivity index (χ0v) is 10.9. The smallest absolute Gasteiger partial charge is 0.161 e. The first-order chi connectivity index (χ1) is 9.74. The molecule has 1 N–H and O–H groups in total. The molecule has 20 heavy (non-hydrogen) atoms. The maximum Gasteiger partial charge on any atom is 0.161 e. The van der Waals surface area contributed by atoms with Crippen LogP contribution in [0.2, 0.25) is 0 Å². The quantitative estimate of drug-likeness (QED) is 0.935. The third-order valence-corrected chi connectivity index (χ3v) is 3.32. The van der Waals surface area contributed by atoms with Crippen LogP contribution in [0.4, 0.5) is 4.39 Å². The van der Waals surface area contributed by atoms with Gasteiger partial charge in [0.1, 0.15) is 19.0 Å². The highest BCUT2D eigenvalue weighted by molar-refractivity contribution is 5.44. The Balaban J connectivity index is 1.80. The number of hydrogen-bond donors (Lipinski definition) is 1. The molecule has 2 aromatic rings. The van der Waals surface area contributed by atoms with E-state index in [4.69, 9.17) is 9.47 Å². The number of benzene rings is 2. The fourth-order valence-corrected chi connectivity index (χ4v) is 2.26. The van der Waals surface area contributed by atoms with Gasteiger partial charge in [0.2, 0.25) is 0 Å². The summed E-state index contributed by atoms with van der Waals surface area (Å²) in [5.41, 5.74) is 1.19. The van der Waals surface area contributed by atoms with Crippen LogP contribution >= 0.6 is 0 Å². The van der Waals surface area contributed by atoms with Gasteiger partial charge in [0.15, 0.2) is 11.5 Å². The van der Waals surface area contributed by atoms with Crippen LogP contribution < -0.4 is 9.47 Å². The van der Waals surface area contributed by atoms with Gasteiger partial charge in [-0.1, -0.05) is 24.3 Å². The summed E-state index contributed by atoms with van der Waals surface area (Å²) >= 11 is 0. The summed E-state index contributed by atoms with van der Waals surface area (Å²) in [4.78, 5) is 0. The molecule has 0 fully saturated rings. The average molecular weight is 274 g/mol. The van der Waals surface area contributed by atoms with Crippen LogP contribution in [-0.2, 0) is 6.42 Å². The van der Waals surface area contributed by atoms with Crippen LogP contribution in [0.3, 0.4) is 0 Å². The maximum absolute atomic E-state index is 13.6. The van der Waals surface area contributed by atoms with Crippen molar-refractivity contribution in [3.8, 4) is 11.5 Å². The summed E-state index contributed by atoms with van der Waals surface area (Å²) in [6, 6.07) is 11.8. The third-order valence-electron chi connectivity index (χ3n) is 3.32. The number of halogens is 1. The van der Waals surface area contributed by atoms with Crippen molar-refractivity contribution < 1.29 is 19.0 Å². The van der Waals surface area contributed by atoms with Gasteiger partial charge in [0.25, 0.3) is 0 Å². The highest BCUT2D eigenvalue weighted by Crippen LogP contribution is 2.33. The number of fused-ring (bicyclic) bond motifs is 1. The lowest BCUT2D eigenvalue weighted by molar-refractivity contribution is 0.164. The van der Waals surface area contributed by atoms with E-state index in [9.17, 15) is 9.50 Å². The summed E-state index contributed by atoms with van der Waals surface area (Å²) in [7, 11) is 0. The van der Waals surface area contributed by atoms with E-state index in [1.54, 1.807) is 36.4 Å². The molecule has 1 atom stereocenters. The Morgan fingerprint density at radius 3 is 2.60 bits per heavy atom. The summed E-state index contributed by atoms with van der Waals surface area (Å²) in [6.07, 6.45) is -0.547. The molecule has 104 valence electrons. The fraction of sp³-hybridized carbons (Fsp3) is 0.250. The van der Waals surface area contributed by atoms with Crippen LogP contribution in [0.15, 0.2) is 42.5 Å². The summed E-state index contributed by atoms with van der Waals surface area (Å²) in [6.45, 7) is 1.03. The predicted molar refractivity (Wildman–Crippen MR) is 72.5 cm³/mol. The van der Waals surface area contributed by atoms with Crippen molar-refractivity contribution in [3.63, 3.8) is 0 Å². The topological polar surface area (TPSA) is 38.7 Å². The molecule has 3 nitrogen and oxygen atoms in total. The fourth-order valence-electron chi connectivity index (χ4n) is 2.26. The number of aliphatic hydroxyl groups is 1. The molecule has 3 rings (SSSR count). The molecule has 4 heteroatoms. The molecule has 0 radical (unpaired) electrons. The first kappa shape index (κ1) is 12.9. The van der Waals surface area contributed by atoms with Crippen molar-refractivity contribution in [2.75, 3.05) is 13.2 Å². The van der Waals surface area contributed by atoms with Gasteiger partial charge in [-0.2, -0.15) is 0 Å². The molecule has 1 unspecified atom stereocenters. The van der Waals surface area contributed by atoms with Crippen LogP contribution in [0.1, 0.15) is 17.2 Å². The minimum absolute atomic E-state index is 0.228. The monoisotopic (exact) mass is 274 g/mol. The lowest BCUT2D eigenvalue weighted by Crippen LogP contribution is -2.15. The Morgan fingerprint density at radius 1 is 1.05 bits per heavy atom. The van der Waals surface area contributed by atoms with Crippen LogP contribution in [0.25, 0.3) is 0 Å². The van der Waals surface area contributed by atoms with E-state index in [-0.39, 0.29) is 12.2 Å². The zero-order valence-electron chi connectivity index (χ0n) is 10.9. The Morgan fingerprint density at radius 2 is 1.80 bits per heavy atom. The summed E-state index contributed by atoms with van der Waals surface area (Å²) in [5.74, 6) is 1.00. The van der Waals surface area contributed by atoms with Gasteiger partial charge < -0.3 is 14.6 Å². The van der Waals surface area contributed by atoms with E-state index in [0.717, 1.165) is 0 Å². The second-order valence-corrected chi connectivity index (χ2v) is 4.71. The first-order valence-electron chi connectivity index (χ1n) is 6.55. The molecule has 0 aromatic heterocycles. The van der Waals surface area contributed by atoms with Gasteiger partial charge in [-0.15, -0.1) is 0 Å². The zero-order chi connectivity index (χ0) is 13.9. The predicted octanol–water partition coefficient (Wildman–Crippen LogP) is 2.87. The average Bonchev–Trinajstić information content (AvgIpc) is 2.49. The number of ether oxygens (including phenoxy) is 2. The number of rotatable bonds is 3. The third kappa shape index (κ3) is 2.60. The van der Waals surface area contributed by atoms with Crippen molar-refractivity contribution >= 4 is 0 Å². The lowest BCUT2D eigenvalue weighted by atomic mass is 10.0. The molecule has 1 heterocycles. The van der Waals surface area contributed by atoms with Gasteiger partial charge >= 0.3 is 0 Å². The number of aliphatic hydroxyl groups excluding tert-OH is 1. The van der Waals surface area contributed by atoms with Crippen molar-refractivity contribution in [1.82, 2.24) is 0 Å².